The second-order valence-corrected chi connectivity index (χ2v) is 7.82. The molecule has 0 radical (unpaired) electrons. The van der Waals surface area contributed by atoms with Gasteiger partial charge in [-0.05, 0) is 35.1 Å². The van der Waals surface area contributed by atoms with Gasteiger partial charge in [0.05, 0.1) is 20.8 Å². The first-order valence-corrected chi connectivity index (χ1v) is 8.88. The van der Waals surface area contributed by atoms with E-state index in [1.54, 1.807) is 14.2 Å². The number of aryl methyl sites for hydroxylation is 1. The fraction of sp³-hybridized carbons (Fsp3) is 0.409. The van der Waals surface area contributed by atoms with Crippen LogP contribution >= 0.6 is 0 Å². The molecule has 0 saturated heterocycles. The molecule has 26 heavy (non-hydrogen) atoms. The SMILES string of the molecule is COc1ccc(-c2ccc3c(c2)CCC3=O)c(OCC(C)(C)C)c1OC. The second-order valence-electron chi connectivity index (χ2n) is 7.82. The van der Waals surface area contributed by atoms with Crippen LogP contribution in [0.15, 0.2) is 30.3 Å². The summed E-state index contributed by atoms with van der Waals surface area (Å²) in [7, 11) is 3.24. The van der Waals surface area contributed by atoms with Gasteiger partial charge in [0.25, 0.3) is 0 Å². The van der Waals surface area contributed by atoms with Crippen molar-refractivity contribution in [2.45, 2.75) is 33.6 Å². The Kier molecular flexibility index (Phi) is 4.94. The molecule has 3 rings (SSSR count). The number of benzene rings is 2. The van der Waals surface area contributed by atoms with Crippen molar-refractivity contribution in [2.24, 2.45) is 5.41 Å². The summed E-state index contributed by atoms with van der Waals surface area (Å²) in [6.45, 7) is 6.92. The molecule has 0 atom stereocenters. The van der Waals surface area contributed by atoms with Gasteiger partial charge in [0.2, 0.25) is 5.75 Å². The summed E-state index contributed by atoms with van der Waals surface area (Å²) in [6.07, 6.45) is 1.39. The van der Waals surface area contributed by atoms with Gasteiger partial charge in [-0.1, -0.05) is 39.0 Å². The van der Waals surface area contributed by atoms with Crippen LogP contribution in [-0.2, 0) is 6.42 Å². The summed E-state index contributed by atoms with van der Waals surface area (Å²) in [5, 5.41) is 0. The van der Waals surface area contributed by atoms with Crippen molar-refractivity contribution < 1.29 is 19.0 Å². The van der Waals surface area contributed by atoms with Gasteiger partial charge in [-0.15, -0.1) is 0 Å². The average molecular weight is 354 g/mol. The molecule has 0 saturated carbocycles. The molecule has 0 amide bonds. The molecule has 2 aromatic rings. The molecule has 1 aliphatic rings. The molecule has 0 aromatic heterocycles. The van der Waals surface area contributed by atoms with Crippen LogP contribution < -0.4 is 14.2 Å². The Morgan fingerprint density at radius 2 is 1.65 bits per heavy atom. The normalized spacial score (nSPS) is 13.5. The first kappa shape index (κ1) is 18.3. The van der Waals surface area contributed by atoms with Gasteiger partial charge in [0.1, 0.15) is 0 Å². The highest BCUT2D eigenvalue weighted by atomic mass is 16.5. The van der Waals surface area contributed by atoms with Gasteiger partial charge < -0.3 is 14.2 Å². The highest BCUT2D eigenvalue weighted by Crippen LogP contribution is 2.45. The molecule has 0 heterocycles. The van der Waals surface area contributed by atoms with Crippen molar-refractivity contribution in [2.75, 3.05) is 20.8 Å². The third-order valence-corrected chi connectivity index (χ3v) is 4.49. The van der Waals surface area contributed by atoms with E-state index in [4.69, 9.17) is 14.2 Å². The summed E-state index contributed by atoms with van der Waals surface area (Å²) in [5.41, 5.74) is 3.91. The van der Waals surface area contributed by atoms with Crippen LogP contribution in [0.5, 0.6) is 17.2 Å². The topological polar surface area (TPSA) is 44.8 Å². The van der Waals surface area contributed by atoms with Crippen LogP contribution in [0.2, 0.25) is 0 Å². The molecule has 4 heteroatoms. The number of methoxy groups -OCH3 is 2. The summed E-state index contributed by atoms with van der Waals surface area (Å²) < 4.78 is 17.2. The Balaban J connectivity index is 2.10. The van der Waals surface area contributed by atoms with Gasteiger partial charge in [0.15, 0.2) is 17.3 Å². The van der Waals surface area contributed by atoms with Crippen molar-refractivity contribution in [1.82, 2.24) is 0 Å². The Labute approximate surface area is 155 Å². The monoisotopic (exact) mass is 354 g/mol. The van der Waals surface area contributed by atoms with Crippen molar-refractivity contribution in [1.29, 1.82) is 0 Å². The molecular formula is C22H26O4. The molecule has 0 fully saturated rings. The van der Waals surface area contributed by atoms with Gasteiger partial charge in [-0.3, -0.25) is 4.79 Å². The first-order valence-electron chi connectivity index (χ1n) is 8.88. The molecule has 0 N–H and O–H groups in total. The molecular weight excluding hydrogens is 328 g/mol. The quantitative estimate of drug-likeness (QED) is 0.764. The van der Waals surface area contributed by atoms with Crippen LogP contribution in [0.4, 0.5) is 0 Å². The second kappa shape index (κ2) is 7.02. The van der Waals surface area contributed by atoms with E-state index in [2.05, 4.69) is 26.8 Å². The Morgan fingerprint density at radius 1 is 0.923 bits per heavy atom. The van der Waals surface area contributed by atoms with Gasteiger partial charge in [-0.2, -0.15) is 0 Å². The van der Waals surface area contributed by atoms with E-state index in [0.717, 1.165) is 28.7 Å². The Hall–Kier alpha value is -2.49. The number of hydrogen-bond donors (Lipinski definition) is 0. The van der Waals surface area contributed by atoms with Gasteiger partial charge in [-0.25, -0.2) is 0 Å². The number of ketones is 1. The van der Waals surface area contributed by atoms with E-state index in [1.165, 1.54) is 0 Å². The van der Waals surface area contributed by atoms with E-state index in [-0.39, 0.29) is 11.2 Å². The maximum Gasteiger partial charge on any atom is 0.203 e. The number of hydrogen-bond acceptors (Lipinski definition) is 4. The lowest BCUT2D eigenvalue weighted by atomic mass is 9.97. The lowest BCUT2D eigenvalue weighted by Gasteiger charge is -2.23. The number of fused-ring (bicyclic) bond motifs is 1. The molecule has 1 aliphatic carbocycles. The zero-order valence-corrected chi connectivity index (χ0v) is 16.1. The number of Topliss-reactive ketones (excluding diaryl/α,β-unsaturated/α-hetero) is 1. The summed E-state index contributed by atoms with van der Waals surface area (Å²) in [4.78, 5) is 11.9. The van der Waals surface area contributed by atoms with Crippen molar-refractivity contribution in [3.05, 3.63) is 41.5 Å². The predicted octanol–water partition coefficient (Wildman–Crippen LogP) is 4.92. The van der Waals surface area contributed by atoms with Crippen LogP contribution in [-0.4, -0.2) is 26.6 Å². The van der Waals surface area contributed by atoms with E-state index >= 15 is 0 Å². The minimum absolute atomic E-state index is 0.00963. The van der Waals surface area contributed by atoms with Crippen molar-refractivity contribution in [3.8, 4) is 28.4 Å². The van der Waals surface area contributed by atoms with Crippen molar-refractivity contribution >= 4 is 5.78 Å². The highest BCUT2D eigenvalue weighted by Gasteiger charge is 2.23. The lowest BCUT2D eigenvalue weighted by Crippen LogP contribution is -2.17. The van der Waals surface area contributed by atoms with Gasteiger partial charge >= 0.3 is 0 Å². The van der Waals surface area contributed by atoms with Crippen LogP contribution in [0.1, 0.15) is 43.1 Å². The lowest BCUT2D eigenvalue weighted by molar-refractivity contribution is 0.0994. The predicted molar refractivity (Wildman–Crippen MR) is 103 cm³/mol. The minimum atomic E-state index is 0.00963. The third-order valence-electron chi connectivity index (χ3n) is 4.49. The molecule has 0 unspecified atom stereocenters. The smallest absolute Gasteiger partial charge is 0.203 e. The Bertz CT molecular complexity index is 831. The number of carbonyl (C=O) groups is 1. The highest BCUT2D eigenvalue weighted by molar-refractivity contribution is 6.01. The number of ether oxygens (including phenoxy) is 3. The summed E-state index contributed by atoms with van der Waals surface area (Å²) >= 11 is 0. The molecule has 4 nitrogen and oxygen atoms in total. The van der Waals surface area contributed by atoms with E-state index in [9.17, 15) is 4.79 Å². The first-order chi connectivity index (χ1) is 12.3. The molecule has 0 bridgehead atoms. The van der Waals surface area contributed by atoms with Gasteiger partial charge in [0, 0.05) is 17.5 Å². The molecule has 2 aromatic carbocycles. The zero-order valence-electron chi connectivity index (χ0n) is 16.1. The van der Waals surface area contributed by atoms with Crippen LogP contribution in [0.25, 0.3) is 11.1 Å². The van der Waals surface area contributed by atoms with E-state index < -0.39 is 0 Å². The number of carbonyl (C=O) groups excluding carboxylic acids is 1. The third kappa shape index (κ3) is 3.55. The maximum atomic E-state index is 11.9. The van der Waals surface area contributed by atoms with Crippen LogP contribution in [0, 0.1) is 5.41 Å². The molecule has 138 valence electrons. The van der Waals surface area contributed by atoms with Crippen LogP contribution in [0.3, 0.4) is 0 Å². The fourth-order valence-corrected chi connectivity index (χ4v) is 3.18. The standard InChI is InChI=1S/C22H26O4/c1-22(2,3)13-26-20-17(9-11-19(24-4)21(20)25-5)15-6-8-16-14(12-15)7-10-18(16)23/h6,8-9,11-12H,7,10,13H2,1-5H3. The Morgan fingerprint density at radius 3 is 2.31 bits per heavy atom. The molecule has 0 aliphatic heterocycles. The maximum absolute atomic E-state index is 11.9. The van der Waals surface area contributed by atoms with E-state index in [1.807, 2.05) is 24.3 Å². The summed E-state index contributed by atoms with van der Waals surface area (Å²) in [5.74, 6) is 2.12. The summed E-state index contributed by atoms with van der Waals surface area (Å²) in [6, 6.07) is 9.86. The minimum Gasteiger partial charge on any atom is -0.493 e. The zero-order chi connectivity index (χ0) is 18.9. The molecule has 0 spiro atoms. The van der Waals surface area contributed by atoms with E-state index in [0.29, 0.717) is 30.3 Å². The largest absolute Gasteiger partial charge is 0.493 e. The van der Waals surface area contributed by atoms with Crippen molar-refractivity contribution in [3.63, 3.8) is 0 Å². The fourth-order valence-electron chi connectivity index (χ4n) is 3.18. The average Bonchev–Trinajstić information content (AvgIpc) is 2.98. The number of rotatable bonds is 5.